The minimum Gasteiger partial charge on any atom is -0.363 e. The van der Waals surface area contributed by atoms with Crippen LogP contribution in [0.3, 0.4) is 0 Å². The second-order valence-electron chi connectivity index (χ2n) is 8.91. The highest BCUT2D eigenvalue weighted by molar-refractivity contribution is 5.99. The van der Waals surface area contributed by atoms with Gasteiger partial charge in [0.1, 0.15) is 17.5 Å². The van der Waals surface area contributed by atoms with Gasteiger partial charge in [0.15, 0.2) is 0 Å². The van der Waals surface area contributed by atoms with E-state index in [4.69, 9.17) is 0 Å². The molecule has 1 saturated carbocycles. The van der Waals surface area contributed by atoms with E-state index in [1.54, 1.807) is 36.4 Å². The van der Waals surface area contributed by atoms with Crippen molar-refractivity contribution in [3.8, 4) is 11.1 Å². The van der Waals surface area contributed by atoms with E-state index in [0.717, 1.165) is 17.7 Å². The summed E-state index contributed by atoms with van der Waals surface area (Å²) < 4.78 is 30.2. The van der Waals surface area contributed by atoms with Gasteiger partial charge < -0.3 is 10.2 Å². The number of nitrogens with zero attached hydrogens (tertiary/aromatic N) is 3. The number of anilines is 1. The van der Waals surface area contributed by atoms with Crippen LogP contribution >= 0.6 is 0 Å². The van der Waals surface area contributed by atoms with Crippen LogP contribution in [0.25, 0.3) is 11.1 Å². The summed E-state index contributed by atoms with van der Waals surface area (Å²) in [6, 6.07) is 7.22. The summed E-state index contributed by atoms with van der Waals surface area (Å²) in [6.07, 6.45) is 6.51. The molecule has 1 fully saturated rings. The number of carbonyl (C=O) groups is 1. The molecule has 3 aromatic rings. The fourth-order valence-electron chi connectivity index (χ4n) is 4.44. The van der Waals surface area contributed by atoms with Crippen molar-refractivity contribution in [3.63, 3.8) is 0 Å². The van der Waals surface area contributed by atoms with E-state index in [1.165, 1.54) is 25.0 Å². The fraction of sp³-hybridized carbons (Fsp3) is 0.346. The van der Waals surface area contributed by atoms with E-state index in [2.05, 4.69) is 15.3 Å². The van der Waals surface area contributed by atoms with Crippen molar-refractivity contribution in [2.75, 3.05) is 11.9 Å². The average molecular weight is 449 g/mol. The number of amides is 1. The highest BCUT2D eigenvalue weighted by Gasteiger charge is 2.29. The lowest BCUT2D eigenvalue weighted by molar-refractivity contribution is 0.0787. The Bertz CT molecular complexity index is 1220. The van der Waals surface area contributed by atoms with Gasteiger partial charge in [-0.1, -0.05) is 0 Å². The Labute approximate surface area is 191 Å². The maximum atomic E-state index is 15.1. The van der Waals surface area contributed by atoms with Gasteiger partial charge in [0.05, 0.1) is 12.6 Å². The van der Waals surface area contributed by atoms with E-state index in [1.807, 2.05) is 13.0 Å². The van der Waals surface area contributed by atoms with E-state index >= 15 is 8.78 Å². The summed E-state index contributed by atoms with van der Waals surface area (Å²) in [6.45, 7) is 4.73. The molecule has 0 bridgehead atoms. The smallest absolute Gasteiger partial charge is 0.254 e. The lowest BCUT2D eigenvalue weighted by atomic mass is 9.99. The van der Waals surface area contributed by atoms with Gasteiger partial charge in [-0.25, -0.2) is 13.8 Å². The number of nitrogens with one attached hydrogen (secondary N) is 1. The molecule has 5 nitrogen and oxygen atoms in total. The molecule has 2 aliphatic rings. The number of hydrogen-bond donors (Lipinski definition) is 1. The molecule has 1 N–H and O–H groups in total. The number of halogens is 2. The zero-order valence-electron chi connectivity index (χ0n) is 18.7. The molecular weight excluding hydrogens is 422 g/mol. The number of fused-ring (bicyclic) bond motifs is 1. The number of carbonyl (C=O) groups excluding carboxylic acids is 1. The molecule has 1 aliphatic heterocycles. The highest BCUT2D eigenvalue weighted by atomic mass is 19.1. The van der Waals surface area contributed by atoms with Gasteiger partial charge in [-0.2, -0.15) is 0 Å². The Kier molecular flexibility index (Phi) is 5.56. The van der Waals surface area contributed by atoms with Crippen molar-refractivity contribution >= 4 is 11.7 Å². The molecular formula is C26H26F2N4O. The lowest BCUT2D eigenvalue weighted by Gasteiger charge is -2.19. The Morgan fingerprint density at radius 3 is 2.64 bits per heavy atom. The minimum atomic E-state index is -0.541. The molecule has 1 aromatic carbocycles. The first-order valence-electron chi connectivity index (χ1n) is 11.4. The first-order valence-corrected chi connectivity index (χ1v) is 11.4. The first kappa shape index (κ1) is 21.5. The van der Waals surface area contributed by atoms with E-state index in [-0.39, 0.29) is 17.0 Å². The molecule has 1 atom stereocenters. The maximum Gasteiger partial charge on any atom is 0.254 e. The zero-order valence-corrected chi connectivity index (χ0v) is 18.7. The van der Waals surface area contributed by atoms with Gasteiger partial charge in [0.25, 0.3) is 5.91 Å². The largest absolute Gasteiger partial charge is 0.363 e. The molecule has 5 rings (SSSR count). The summed E-state index contributed by atoms with van der Waals surface area (Å²) in [7, 11) is 0. The van der Waals surface area contributed by atoms with Crippen molar-refractivity contribution in [1.82, 2.24) is 14.9 Å². The van der Waals surface area contributed by atoms with Crippen molar-refractivity contribution in [1.29, 1.82) is 0 Å². The number of aromatic nitrogens is 2. The van der Waals surface area contributed by atoms with E-state index in [9.17, 15) is 4.79 Å². The van der Waals surface area contributed by atoms with Crippen LogP contribution in [0.15, 0.2) is 42.7 Å². The first-order chi connectivity index (χ1) is 15.9. The van der Waals surface area contributed by atoms with Gasteiger partial charge in [-0.05, 0) is 74.9 Å². The molecule has 0 saturated heterocycles. The zero-order chi connectivity index (χ0) is 23.1. The second kappa shape index (κ2) is 8.54. The Balaban J connectivity index is 1.40. The molecule has 1 amide bonds. The summed E-state index contributed by atoms with van der Waals surface area (Å²) >= 11 is 0. The van der Waals surface area contributed by atoms with Gasteiger partial charge >= 0.3 is 0 Å². The number of rotatable bonds is 7. The standard InChI is InChI=1S/C26H26F2N4O/c1-3-32-14-22-19(26(32)33)7-9-30-25(22)31-15(2)20-12-24(28)21(13-23(20)27)17-6-8-29-18(11-17)10-16-4-5-16/h6-9,11-13,15-16H,3-5,10,14H2,1-2H3,(H,30,31)/t15-/m0/s1. The third kappa shape index (κ3) is 4.19. The predicted octanol–water partition coefficient (Wildman–Crippen LogP) is 5.52. The van der Waals surface area contributed by atoms with Crippen LogP contribution in [0.2, 0.25) is 0 Å². The van der Waals surface area contributed by atoms with Gasteiger partial charge in [-0.15, -0.1) is 0 Å². The van der Waals surface area contributed by atoms with Crippen LogP contribution in [0.5, 0.6) is 0 Å². The molecule has 2 aromatic heterocycles. The molecule has 0 spiro atoms. The van der Waals surface area contributed by atoms with Crippen LogP contribution in [0, 0.1) is 17.6 Å². The van der Waals surface area contributed by atoms with Crippen molar-refractivity contribution in [2.24, 2.45) is 5.92 Å². The lowest BCUT2D eigenvalue weighted by Crippen LogP contribution is -2.22. The van der Waals surface area contributed by atoms with Crippen LogP contribution in [-0.4, -0.2) is 27.3 Å². The molecule has 0 radical (unpaired) electrons. The second-order valence-corrected chi connectivity index (χ2v) is 8.91. The predicted molar refractivity (Wildman–Crippen MR) is 123 cm³/mol. The third-order valence-corrected chi connectivity index (χ3v) is 6.53. The van der Waals surface area contributed by atoms with E-state index < -0.39 is 17.7 Å². The SMILES string of the molecule is CCN1Cc2c(ccnc2N[C@@H](C)c2cc(F)c(-c3ccnc(CC4CC4)c3)cc2F)C1=O. The van der Waals surface area contributed by atoms with Crippen molar-refractivity contribution < 1.29 is 13.6 Å². The normalized spacial score (nSPS) is 16.1. The van der Waals surface area contributed by atoms with Crippen LogP contribution < -0.4 is 5.32 Å². The fourth-order valence-corrected chi connectivity index (χ4v) is 4.44. The third-order valence-electron chi connectivity index (χ3n) is 6.53. The molecule has 33 heavy (non-hydrogen) atoms. The number of benzene rings is 1. The van der Waals surface area contributed by atoms with Gasteiger partial charge in [0.2, 0.25) is 0 Å². The van der Waals surface area contributed by atoms with Gasteiger partial charge in [0, 0.05) is 46.9 Å². The monoisotopic (exact) mass is 448 g/mol. The molecule has 7 heteroatoms. The van der Waals surface area contributed by atoms with Gasteiger partial charge in [-0.3, -0.25) is 9.78 Å². The Morgan fingerprint density at radius 1 is 1.09 bits per heavy atom. The Morgan fingerprint density at radius 2 is 1.88 bits per heavy atom. The molecule has 3 heterocycles. The summed E-state index contributed by atoms with van der Waals surface area (Å²) in [5.41, 5.74) is 3.36. The minimum absolute atomic E-state index is 0.0365. The number of pyridine rings is 2. The summed E-state index contributed by atoms with van der Waals surface area (Å²) in [5, 5.41) is 3.18. The maximum absolute atomic E-state index is 15.1. The summed E-state index contributed by atoms with van der Waals surface area (Å²) in [5.74, 6) is 0.169. The molecule has 1 aliphatic carbocycles. The quantitative estimate of drug-likeness (QED) is 0.517. The van der Waals surface area contributed by atoms with Crippen LogP contribution in [-0.2, 0) is 13.0 Å². The van der Waals surface area contributed by atoms with E-state index in [0.29, 0.717) is 36.0 Å². The number of hydrogen-bond acceptors (Lipinski definition) is 4. The molecule has 0 unspecified atom stereocenters. The summed E-state index contributed by atoms with van der Waals surface area (Å²) in [4.78, 5) is 22.9. The Hall–Kier alpha value is -3.35. The van der Waals surface area contributed by atoms with Crippen molar-refractivity contribution in [2.45, 2.75) is 45.7 Å². The average Bonchev–Trinajstić information content (AvgIpc) is 3.56. The highest BCUT2D eigenvalue weighted by Crippen LogP contribution is 2.35. The van der Waals surface area contributed by atoms with Crippen LogP contribution in [0.4, 0.5) is 14.6 Å². The van der Waals surface area contributed by atoms with Crippen LogP contribution in [0.1, 0.15) is 59.9 Å². The van der Waals surface area contributed by atoms with Crippen molar-refractivity contribution in [3.05, 3.63) is 76.7 Å². The topological polar surface area (TPSA) is 58.1 Å². The molecule has 170 valence electrons.